The van der Waals surface area contributed by atoms with E-state index < -0.39 is 0 Å². The van der Waals surface area contributed by atoms with Crippen molar-refractivity contribution >= 4 is 11.6 Å². The Morgan fingerprint density at radius 3 is 2.89 bits per heavy atom. The van der Waals surface area contributed by atoms with Gasteiger partial charge < -0.3 is 9.73 Å². The predicted molar refractivity (Wildman–Crippen MR) is 76.3 cm³/mol. The molecule has 0 saturated carbocycles. The van der Waals surface area contributed by atoms with Crippen molar-refractivity contribution in [3.8, 4) is 11.5 Å². The number of halogens is 1. The van der Waals surface area contributed by atoms with Gasteiger partial charge >= 0.3 is 0 Å². The fraction of sp³-hybridized carbons (Fsp3) is 0.429. The first kappa shape index (κ1) is 14.0. The molecule has 102 valence electrons. The molecule has 19 heavy (non-hydrogen) atoms. The zero-order chi connectivity index (χ0) is 13.7. The molecule has 4 nitrogen and oxygen atoms in total. The van der Waals surface area contributed by atoms with Crippen LogP contribution in [0.5, 0.6) is 0 Å². The van der Waals surface area contributed by atoms with Crippen molar-refractivity contribution < 1.29 is 4.42 Å². The predicted octanol–water partition coefficient (Wildman–Crippen LogP) is 3.24. The van der Waals surface area contributed by atoms with Crippen LogP contribution in [0.15, 0.2) is 22.6 Å². The molecule has 0 bridgehead atoms. The van der Waals surface area contributed by atoms with E-state index in [1.54, 1.807) is 0 Å². The number of nitrogens with zero attached hydrogens (tertiary/aromatic N) is 2. The minimum absolute atomic E-state index is 0.489. The lowest BCUT2D eigenvalue weighted by molar-refractivity contribution is 0.492. The zero-order valence-electron chi connectivity index (χ0n) is 11.2. The van der Waals surface area contributed by atoms with E-state index in [-0.39, 0.29) is 0 Å². The smallest absolute Gasteiger partial charge is 0.249 e. The SMILES string of the molecule is CCNCCCc1nnc(-c2ccc(C)cc2Cl)o1. The largest absolute Gasteiger partial charge is 0.421 e. The van der Waals surface area contributed by atoms with Gasteiger partial charge in [0.1, 0.15) is 0 Å². The minimum Gasteiger partial charge on any atom is -0.421 e. The van der Waals surface area contributed by atoms with Crippen LogP contribution in [-0.2, 0) is 6.42 Å². The molecule has 0 saturated heterocycles. The maximum atomic E-state index is 6.18. The van der Waals surface area contributed by atoms with Gasteiger partial charge in [-0.1, -0.05) is 24.6 Å². The van der Waals surface area contributed by atoms with Gasteiger partial charge in [-0.05, 0) is 44.1 Å². The summed E-state index contributed by atoms with van der Waals surface area (Å²) in [4.78, 5) is 0. The molecule has 0 amide bonds. The highest BCUT2D eigenvalue weighted by Gasteiger charge is 2.11. The molecule has 2 rings (SSSR count). The van der Waals surface area contributed by atoms with Crippen LogP contribution in [0.25, 0.3) is 11.5 Å². The Bertz CT molecular complexity index is 539. The van der Waals surface area contributed by atoms with E-state index in [1.807, 2.05) is 25.1 Å². The lowest BCUT2D eigenvalue weighted by Gasteiger charge is -2.00. The molecule has 0 radical (unpaired) electrons. The van der Waals surface area contributed by atoms with E-state index in [1.165, 1.54) is 0 Å². The van der Waals surface area contributed by atoms with E-state index in [0.29, 0.717) is 16.8 Å². The number of hydrogen-bond donors (Lipinski definition) is 1. The molecule has 0 aliphatic heterocycles. The Hall–Kier alpha value is -1.39. The average molecular weight is 280 g/mol. The van der Waals surface area contributed by atoms with Crippen LogP contribution >= 0.6 is 11.6 Å². The first-order chi connectivity index (χ1) is 9.20. The molecule has 1 aromatic carbocycles. The first-order valence-corrected chi connectivity index (χ1v) is 6.88. The van der Waals surface area contributed by atoms with E-state index in [0.717, 1.165) is 37.1 Å². The van der Waals surface area contributed by atoms with Crippen molar-refractivity contribution in [3.05, 3.63) is 34.7 Å². The molecule has 1 aromatic heterocycles. The van der Waals surface area contributed by atoms with Crippen LogP contribution in [0.3, 0.4) is 0 Å². The van der Waals surface area contributed by atoms with Gasteiger partial charge in [-0.3, -0.25) is 0 Å². The summed E-state index contributed by atoms with van der Waals surface area (Å²) in [6, 6.07) is 5.79. The van der Waals surface area contributed by atoms with Gasteiger partial charge in [-0.25, -0.2) is 0 Å². The number of hydrogen-bond acceptors (Lipinski definition) is 4. The summed E-state index contributed by atoms with van der Waals surface area (Å²) >= 11 is 6.18. The number of aromatic nitrogens is 2. The topological polar surface area (TPSA) is 51.0 Å². The third kappa shape index (κ3) is 3.78. The molecule has 0 aliphatic rings. The number of aryl methyl sites for hydroxylation is 2. The van der Waals surface area contributed by atoms with Crippen LogP contribution < -0.4 is 5.32 Å². The Kier molecular flexibility index (Phi) is 4.93. The summed E-state index contributed by atoms with van der Waals surface area (Å²) in [6.45, 7) is 6.02. The van der Waals surface area contributed by atoms with Crippen LogP contribution in [0, 0.1) is 6.92 Å². The number of nitrogens with one attached hydrogen (secondary N) is 1. The summed E-state index contributed by atoms with van der Waals surface area (Å²) in [5.74, 6) is 1.15. The van der Waals surface area contributed by atoms with Crippen molar-refractivity contribution in [2.24, 2.45) is 0 Å². The summed E-state index contributed by atoms with van der Waals surface area (Å²) in [6.07, 6.45) is 1.76. The van der Waals surface area contributed by atoms with E-state index >= 15 is 0 Å². The molecule has 0 atom stereocenters. The second-order valence-corrected chi connectivity index (χ2v) is 4.85. The fourth-order valence-corrected chi connectivity index (χ4v) is 2.11. The molecule has 1 heterocycles. The zero-order valence-corrected chi connectivity index (χ0v) is 12.0. The normalized spacial score (nSPS) is 10.9. The summed E-state index contributed by atoms with van der Waals surface area (Å²) in [5, 5.41) is 12.0. The Morgan fingerprint density at radius 2 is 2.16 bits per heavy atom. The highest BCUT2D eigenvalue weighted by molar-refractivity contribution is 6.33. The average Bonchev–Trinajstić information content (AvgIpc) is 2.83. The van der Waals surface area contributed by atoms with Crippen molar-refractivity contribution in [1.29, 1.82) is 0 Å². The van der Waals surface area contributed by atoms with Crippen molar-refractivity contribution in [2.45, 2.75) is 26.7 Å². The second kappa shape index (κ2) is 6.68. The van der Waals surface area contributed by atoms with Crippen molar-refractivity contribution in [2.75, 3.05) is 13.1 Å². The van der Waals surface area contributed by atoms with Crippen molar-refractivity contribution in [3.63, 3.8) is 0 Å². The lowest BCUT2D eigenvalue weighted by Crippen LogP contribution is -2.14. The van der Waals surface area contributed by atoms with Gasteiger partial charge in [-0.2, -0.15) is 0 Å². The van der Waals surface area contributed by atoms with Gasteiger partial charge in [0.25, 0.3) is 0 Å². The fourth-order valence-electron chi connectivity index (χ4n) is 1.80. The Balaban J connectivity index is 2.04. The monoisotopic (exact) mass is 279 g/mol. The van der Waals surface area contributed by atoms with Gasteiger partial charge in [0, 0.05) is 6.42 Å². The highest BCUT2D eigenvalue weighted by atomic mass is 35.5. The lowest BCUT2D eigenvalue weighted by atomic mass is 10.1. The summed E-state index contributed by atoms with van der Waals surface area (Å²) in [7, 11) is 0. The molecule has 0 spiro atoms. The van der Waals surface area contributed by atoms with E-state index in [4.69, 9.17) is 16.0 Å². The van der Waals surface area contributed by atoms with Gasteiger partial charge in [-0.15, -0.1) is 10.2 Å². The van der Waals surface area contributed by atoms with Gasteiger partial charge in [0.05, 0.1) is 10.6 Å². The third-order valence-corrected chi connectivity index (χ3v) is 3.13. The van der Waals surface area contributed by atoms with Crippen LogP contribution in [0.4, 0.5) is 0 Å². The molecule has 5 heteroatoms. The van der Waals surface area contributed by atoms with Crippen LogP contribution in [0.2, 0.25) is 5.02 Å². The molecular weight excluding hydrogens is 262 g/mol. The minimum atomic E-state index is 0.489. The number of rotatable bonds is 6. The maximum Gasteiger partial charge on any atom is 0.249 e. The molecule has 0 unspecified atom stereocenters. The van der Waals surface area contributed by atoms with Crippen LogP contribution in [0.1, 0.15) is 24.8 Å². The molecule has 0 aliphatic carbocycles. The third-order valence-electron chi connectivity index (χ3n) is 2.82. The number of benzene rings is 1. The Morgan fingerprint density at radius 1 is 1.32 bits per heavy atom. The van der Waals surface area contributed by atoms with Gasteiger partial charge in [0.15, 0.2) is 0 Å². The van der Waals surface area contributed by atoms with Crippen molar-refractivity contribution in [1.82, 2.24) is 15.5 Å². The highest BCUT2D eigenvalue weighted by Crippen LogP contribution is 2.27. The summed E-state index contributed by atoms with van der Waals surface area (Å²) in [5.41, 5.74) is 1.90. The maximum absolute atomic E-state index is 6.18. The molecular formula is C14H18ClN3O. The standard InChI is InChI=1S/C14H18ClN3O/c1-3-16-8-4-5-13-17-18-14(19-13)11-7-6-10(2)9-12(11)15/h6-7,9,16H,3-5,8H2,1-2H3. The summed E-state index contributed by atoms with van der Waals surface area (Å²) < 4.78 is 5.64. The first-order valence-electron chi connectivity index (χ1n) is 6.50. The quantitative estimate of drug-likeness (QED) is 0.825. The molecule has 0 fully saturated rings. The second-order valence-electron chi connectivity index (χ2n) is 4.44. The van der Waals surface area contributed by atoms with E-state index in [9.17, 15) is 0 Å². The molecule has 2 aromatic rings. The van der Waals surface area contributed by atoms with Crippen LogP contribution in [-0.4, -0.2) is 23.3 Å². The Labute approximate surface area is 118 Å². The molecule has 1 N–H and O–H groups in total. The van der Waals surface area contributed by atoms with Gasteiger partial charge in [0.2, 0.25) is 11.8 Å². The van der Waals surface area contributed by atoms with E-state index in [2.05, 4.69) is 22.4 Å².